The van der Waals surface area contributed by atoms with Crippen molar-refractivity contribution in [3.05, 3.63) is 0 Å². The molecule has 0 aliphatic heterocycles. The van der Waals surface area contributed by atoms with Gasteiger partial charge < -0.3 is 7.74 Å². The number of hydrogen-bond donors (Lipinski definition) is 0. The molecule has 0 spiro atoms. The summed E-state index contributed by atoms with van der Waals surface area (Å²) in [7, 11) is -16.9. The Morgan fingerprint density at radius 2 is 0.700 bits per heavy atom. The molecule has 16 heteroatoms. The molecule has 0 aromatic rings. The molecular formula is C14H30F6O6S2Si2. The highest BCUT2D eigenvalue weighted by molar-refractivity contribution is 7.89. The Bertz CT molecular complexity index is 721. The minimum Gasteiger partial charge on any atom is -0.308 e. The molecule has 0 N–H and O–H groups in total. The van der Waals surface area contributed by atoms with Gasteiger partial charge in [0.25, 0.3) is 0 Å². The second-order valence-corrected chi connectivity index (χ2v) is 22.6. The fourth-order valence-electron chi connectivity index (χ4n) is 0.893. The lowest BCUT2D eigenvalue weighted by atomic mass is 10.2. The Kier molecular flexibility index (Phi) is 9.60. The number of hydrogen-bond acceptors (Lipinski definition) is 6. The Labute approximate surface area is 176 Å². The van der Waals surface area contributed by atoms with Crippen LogP contribution in [0.2, 0.25) is 36.3 Å². The van der Waals surface area contributed by atoms with E-state index in [4.69, 9.17) is 0 Å². The average Bonchev–Trinajstić information content (AvgIpc) is 2.30. The van der Waals surface area contributed by atoms with Crippen LogP contribution in [0, 0.1) is 0 Å². The van der Waals surface area contributed by atoms with Gasteiger partial charge in [0.1, 0.15) is 0 Å². The van der Waals surface area contributed by atoms with Gasteiger partial charge in [-0.15, -0.1) is 0 Å². The monoisotopic (exact) mass is 528 g/mol. The first-order valence-corrected chi connectivity index (χ1v) is 17.1. The van der Waals surface area contributed by atoms with E-state index in [1.54, 1.807) is 41.5 Å². The number of alkyl halides is 6. The van der Waals surface area contributed by atoms with Crippen molar-refractivity contribution in [3.63, 3.8) is 0 Å². The average molecular weight is 529 g/mol. The predicted molar refractivity (Wildman–Crippen MR) is 107 cm³/mol. The Morgan fingerprint density at radius 3 is 0.800 bits per heavy atom. The van der Waals surface area contributed by atoms with Crippen LogP contribution in [0.5, 0.6) is 0 Å². The molecule has 0 aliphatic rings. The molecule has 0 aromatic heterocycles. The van der Waals surface area contributed by atoms with Gasteiger partial charge in [-0.2, -0.15) is 43.2 Å². The molecule has 0 unspecified atom stereocenters. The van der Waals surface area contributed by atoms with E-state index in [1.807, 2.05) is 0 Å². The third kappa shape index (κ3) is 8.76. The van der Waals surface area contributed by atoms with Crippen LogP contribution in [0.3, 0.4) is 0 Å². The van der Waals surface area contributed by atoms with E-state index < -0.39 is 58.0 Å². The summed E-state index contributed by atoms with van der Waals surface area (Å²) in [5.41, 5.74) is -10.7. The summed E-state index contributed by atoms with van der Waals surface area (Å²) in [4.78, 5) is 0. The zero-order valence-electron chi connectivity index (χ0n) is 18.5. The zero-order chi connectivity index (χ0) is 25.4. The van der Waals surface area contributed by atoms with Crippen LogP contribution in [0.4, 0.5) is 26.3 Å². The van der Waals surface area contributed by atoms with Crippen molar-refractivity contribution < 1.29 is 50.9 Å². The smallest absolute Gasteiger partial charge is 0.308 e. The maximum Gasteiger partial charge on any atom is 0.522 e. The lowest BCUT2D eigenvalue weighted by Gasteiger charge is -2.35. The van der Waals surface area contributed by atoms with E-state index in [2.05, 4.69) is 7.74 Å². The lowest BCUT2D eigenvalue weighted by Crippen LogP contribution is -2.45. The third-order valence-electron chi connectivity index (χ3n) is 4.82. The van der Waals surface area contributed by atoms with Crippen molar-refractivity contribution in [2.45, 2.75) is 88.8 Å². The quantitative estimate of drug-likeness (QED) is 0.264. The fourth-order valence-corrected chi connectivity index (χ4v) is 8.04. The SMILES string of the molecule is CC(C)(C)[Si](C)(C)OS(=O)(=O)C(F)(F)F.CC(C)(C)[Si](C)(C)OS(=O)(=O)C(F)(F)F. The van der Waals surface area contributed by atoms with Gasteiger partial charge in [-0.05, 0) is 36.3 Å². The maximum atomic E-state index is 12.1. The second-order valence-electron chi connectivity index (χ2n) is 9.49. The van der Waals surface area contributed by atoms with E-state index >= 15 is 0 Å². The van der Waals surface area contributed by atoms with Gasteiger partial charge in [-0.25, -0.2) is 0 Å². The van der Waals surface area contributed by atoms with E-state index in [-0.39, 0.29) is 0 Å². The minimum atomic E-state index is -5.48. The van der Waals surface area contributed by atoms with E-state index in [0.29, 0.717) is 0 Å². The van der Waals surface area contributed by atoms with Gasteiger partial charge >= 0.3 is 31.3 Å². The molecule has 30 heavy (non-hydrogen) atoms. The largest absolute Gasteiger partial charge is 0.522 e. The minimum absolute atomic E-state index is 0.592. The van der Waals surface area contributed by atoms with Crippen molar-refractivity contribution >= 4 is 36.9 Å². The van der Waals surface area contributed by atoms with Gasteiger partial charge in [0, 0.05) is 0 Å². The van der Waals surface area contributed by atoms with Crippen LogP contribution in [-0.4, -0.2) is 44.5 Å². The van der Waals surface area contributed by atoms with Crippen LogP contribution in [0.1, 0.15) is 41.5 Å². The molecular weight excluding hydrogens is 498 g/mol. The molecule has 0 bridgehead atoms. The molecule has 0 fully saturated rings. The Balaban J connectivity index is 0. The first-order valence-electron chi connectivity index (χ1n) is 8.45. The lowest BCUT2D eigenvalue weighted by molar-refractivity contribution is -0.0509. The summed E-state index contributed by atoms with van der Waals surface area (Å²) in [6.07, 6.45) is 0. The third-order valence-corrected chi connectivity index (χ3v) is 18.3. The highest BCUT2D eigenvalue weighted by atomic mass is 32.2. The number of rotatable bonds is 4. The molecule has 0 saturated heterocycles. The first-order chi connectivity index (χ1) is 12.4. The predicted octanol–water partition coefficient (Wildman–Crippen LogP) is 5.72. The number of halogens is 6. The van der Waals surface area contributed by atoms with Gasteiger partial charge in [0.15, 0.2) is 0 Å². The van der Waals surface area contributed by atoms with Crippen LogP contribution in [-0.2, 0) is 28.0 Å². The fraction of sp³-hybridized carbons (Fsp3) is 1.00. The summed E-state index contributed by atoms with van der Waals surface area (Å²) < 4.78 is 124. The standard InChI is InChI=1S/2C7H15F3O3SSi/c2*1-6(2,3)15(4,5)13-14(11,12)7(8,9)10/h2*1-5H3. The van der Waals surface area contributed by atoms with Crippen LogP contribution in [0.15, 0.2) is 0 Å². The van der Waals surface area contributed by atoms with Crippen LogP contribution in [0.25, 0.3) is 0 Å². The highest BCUT2D eigenvalue weighted by Crippen LogP contribution is 2.41. The Morgan fingerprint density at radius 1 is 0.533 bits per heavy atom. The Hall–Kier alpha value is -0.166. The zero-order valence-corrected chi connectivity index (χ0v) is 22.2. The molecule has 0 radical (unpaired) electrons. The summed E-state index contributed by atoms with van der Waals surface area (Å²) >= 11 is 0. The second kappa shape index (κ2) is 8.99. The van der Waals surface area contributed by atoms with E-state index in [9.17, 15) is 43.2 Å². The first kappa shape index (κ1) is 32.0. The van der Waals surface area contributed by atoms with Crippen molar-refractivity contribution in [2.24, 2.45) is 0 Å². The molecule has 0 rings (SSSR count). The summed E-state index contributed by atoms with van der Waals surface area (Å²) in [6.45, 7) is 15.7. The molecule has 0 saturated carbocycles. The van der Waals surface area contributed by atoms with E-state index in [1.165, 1.54) is 26.2 Å². The van der Waals surface area contributed by atoms with E-state index in [0.717, 1.165) is 0 Å². The summed E-state index contributed by atoms with van der Waals surface area (Å²) in [5, 5.41) is -1.18. The van der Waals surface area contributed by atoms with Crippen molar-refractivity contribution in [1.82, 2.24) is 0 Å². The van der Waals surface area contributed by atoms with Gasteiger partial charge in [0.2, 0.25) is 16.6 Å². The maximum absolute atomic E-state index is 12.1. The van der Waals surface area contributed by atoms with Crippen molar-refractivity contribution in [2.75, 3.05) is 0 Å². The van der Waals surface area contributed by atoms with Gasteiger partial charge in [-0.1, -0.05) is 41.5 Å². The molecule has 0 aliphatic carbocycles. The van der Waals surface area contributed by atoms with Crippen LogP contribution < -0.4 is 0 Å². The molecule has 0 atom stereocenters. The molecule has 6 nitrogen and oxygen atoms in total. The molecule has 0 aromatic carbocycles. The summed E-state index contributed by atoms with van der Waals surface area (Å²) in [6, 6.07) is 0. The molecule has 0 amide bonds. The summed E-state index contributed by atoms with van der Waals surface area (Å²) in [5.74, 6) is 0. The molecule has 0 heterocycles. The highest BCUT2D eigenvalue weighted by Gasteiger charge is 2.54. The van der Waals surface area contributed by atoms with Crippen LogP contribution >= 0.6 is 0 Å². The normalized spacial score (nSPS) is 15.5. The van der Waals surface area contributed by atoms with Crippen molar-refractivity contribution in [1.29, 1.82) is 0 Å². The van der Waals surface area contributed by atoms with Gasteiger partial charge in [-0.3, -0.25) is 0 Å². The van der Waals surface area contributed by atoms with Crippen molar-refractivity contribution in [3.8, 4) is 0 Å². The van der Waals surface area contributed by atoms with Gasteiger partial charge in [0.05, 0.1) is 0 Å². The topological polar surface area (TPSA) is 86.7 Å². The molecule has 184 valence electrons.